The zero-order chi connectivity index (χ0) is 14.0. The number of hydrogen-bond acceptors (Lipinski definition) is 3. The SMILES string of the molecule is CCn1c(C)cc(C(=O)CN2CCC(CN)C2)c1C. The van der Waals surface area contributed by atoms with Crippen molar-refractivity contribution >= 4 is 5.78 Å². The van der Waals surface area contributed by atoms with Gasteiger partial charge >= 0.3 is 0 Å². The minimum atomic E-state index is 0.241. The Morgan fingerprint density at radius 2 is 2.21 bits per heavy atom. The fourth-order valence-electron chi connectivity index (χ4n) is 3.11. The molecular formula is C15H25N3O. The molecule has 1 fully saturated rings. The number of carbonyl (C=O) groups excluding carboxylic acids is 1. The molecule has 1 unspecified atom stereocenters. The predicted molar refractivity (Wildman–Crippen MR) is 77.5 cm³/mol. The van der Waals surface area contributed by atoms with E-state index in [0.29, 0.717) is 12.5 Å². The molecule has 2 rings (SSSR count). The van der Waals surface area contributed by atoms with Crippen LogP contribution < -0.4 is 5.73 Å². The first-order valence-electron chi connectivity index (χ1n) is 7.19. The number of nitrogens with two attached hydrogens (primary N) is 1. The molecule has 1 aliphatic heterocycles. The zero-order valence-corrected chi connectivity index (χ0v) is 12.3. The van der Waals surface area contributed by atoms with Gasteiger partial charge in [0.15, 0.2) is 5.78 Å². The standard InChI is InChI=1S/C15H25N3O/c1-4-18-11(2)7-14(12(18)3)15(19)10-17-6-5-13(8-16)9-17/h7,13H,4-6,8-10,16H2,1-3H3. The molecule has 4 nitrogen and oxygen atoms in total. The molecule has 1 aromatic heterocycles. The highest BCUT2D eigenvalue weighted by molar-refractivity contribution is 5.99. The van der Waals surface area contributed by atoms with Crippen molar-refractivity contribution in [3.8, 4) is 0 Å². The first kappa shape index (κ1) is 14.3. The lowest BCUT2D eigenvalue weighted by Gasteiger charge is -2.14. The molecule has 106 valence electrons. The van der Waals surface area contributed by atoms with Gasteiger partial charge in [0.25, 0.3) is 0 Å². The molecule has 0 spiro atoms. The van der Waals surface area contributed by atoms with Gasteiger partial charge in [0.2, 0.25) is 0 Å². The van der Waals surface area contributed by atoms with E-state index in [1.54, 1.807) is 0 Å². The maximum absolute atomic E-state index is 12.4. The van der Waals surface area contributed by atoms with Crippen LogP contribution >= 0.6 is 0 Å². The molecule has 0 bridgehead atoms. The number of rotatable bonds is 5. The molecule has 1 atom stereocenters. The van der Waals surface area contributed by atoms with Crippen molar-refractivity contribution in [1.82, 2.24) is 9.47 Å². The van der Waals surface area contributed by atoms with Crippen LogP contribution in [0, 0.1) is 19.8 Å². The van der Waals surface area contributed by atoms with Crippen LogP contribution in [0.25, 0.3) is 0 Å². The third-order valence-corrected chi connectivity index (χ3v) is 4.26. The molecule has 1 aliphatic rings. The van der Waals surface area contributed by atoms with E-state index in [-0.39, 0.29) is 5.78 Å². The van der Waals surface area contributed by atoms with E-state index in [1.165, 1.54) is 5.69 Å². The van der Waals surface area contributed by atoms with Gasteiger partial charge in [-0.2, -0.15) is 0 Å². The number of nitrogens with zero attached hydrogens (tertiary/aromatic N) is 2. The van der Waals surface area contributed by atoms with Gasteiger partial charge in [0, 0.05) is 30.0 Å². The summed E-state index contributed by atoms with van der Waals surface area (Å²) < 4.78 is 2.19. The minimum absolute atomic E-state index is 0.241. The molecule has 19 heavy (non-hydrogen) atoms. The third kappa shape index (κ3) is 2.90. The topological polar surface area (TPSA) is 51.3 Å². The summed E-state index contributed by atoms with van der Waals surface area (Å²) in [6.45, 7) is 10.4. The second kappa shape index (κ2) is 5.88. The summed E-state index contributed by atoms with van der Waals surface area (Å²) in [6.07, 6.45) is 1.12. The Balaban J connectivity index is 2.05. The summed E-state index contributed by atoms with van der Waals surface area (Å²) in [7, 11) is 0. The Bertz CT molecular complexity index is 464. The normalized spacial score (nSPS) is 20.1. The van der Waals surface area contributed by atoms with Gasteiger partial charge in [-0.1, -0.05) is 0 Å². The second-order valence-corrected chi connectivity index (χ2v) is 5.58. The minimum Gasteiger partial charge on any atom is -0.349 e. The van der Waals surface area contributed by atoms with Crippen LogP contribution in [-0.2, 0) is 6.54 Å². The number of hydrogen-bond donors (Lipinski definition) is 1. The van der Waals surface area contributed by atoms with Gasteiger partial charge in [0.1, 0.15) is 0 Å². The Hall–Kier alpha value is -1.13. The third-order valence-electron chi connectivity index (χ3n) is 4.26. The van der Waals surface area contributed by atoms with Crippen LogP contribution in [0.4, 0.5) is 0 Å². The fraction of sp³-hybridized carbons (Fsp3) is 0.667. The molecule has 0 aliphatic carbocycles. The molecule has 2 heterocycles. The van der Waals surface area contributed by atoms with Crippen LogP contribution in [0.15, 0.2) is 6.07 Å². The van der Waals surface area contributed by atoms with Gasteiger partial charge < -0.3 is 10.3 Å². The Morgan fingerprint density at radius 1 is 1.47 bits per heavy atom. The highest BCUT2D eigenvalue weighted by atomic mass is 16.1. The number of aromatic nitrogens is 1. The van der Waals surface area contributed by atoms with Gasteiger partial charge in [-0.25, -0.2) is 0 Å². The monoisotopic (exact) mass is 263 g/mol. The van der Waals surface area contributed by atoms with E-state index in [1.807, 2.05) is 13.0 Å². The summed E-state index contributed by atoms with van der Waals surface area (Å²) in [6, 6.07) is 2.03. The Morgan fingerprint density at radius 3 is 2.74 bits per heavy atom. The van der Waals surface area contributed by atoms with Crippen LogP contribution in [-0.4, -0.2) is 41.4 Å². The van der Waals surface area contributed by atoms with Crippen LogP contribution in [0.3, 0.4) is 0 Å². The summed E-state index contributed by atoms with van der Waals surface area (Å²) >= 11 is 0. The molecule has 1 aromatic rings. The van der Waals surface area contributed by atoms with E-state index < -0.39 is 0 Å². The predicted octanol–water partition coefficient (Wildman–Crippen LogP) is 1.59. The quantitative estimate of drug-likeness (QED) is 0.821. The average Bonchev–Trinajstić information content (AvgIpc) is 2.94. The summed E-state index contributed by atoms with van der Waals surface area (Å²) in [5.74, 6) is 0.807. The number of likely N-dealkylation sites (tertiary alicyclic amines) is 1. The average molecular weight is 263 g/mol. The van der Waals surface area contributed by atoms with Gasteiger partial charge in [-0.05, 0) is 52.3 Å². The lowest BCUT2D eigenvalue weighted by molar-refractivity contribution is 0.0942. The van der Waals surface area contributed by atoms with E-state index in [2.05, 4.69) is 23.3 Å². The lowest BCUT2D eigenvalue weighted by Crippen LogP contribution is -2.29. The first-order valence-corrected chi connectivity index (χ1v) is 7.19. The Labute approximate surface area is 115 Å². The van der Waals surface area contributed by atoms with Crippen molar-refractivity contribution < 1.29 is 4.79 Å². The summed E-state index contributed by atoms with van der Waals surface area (Å²) in [4.78, 5) is 14.6. The van der Waals surface area contributed by atoms with Crippen molar-refractivity contribution in [2.45, 2.75) is 33.7 Å². The van der Waals surface area contributed by atoms with E-state index in [9.17, 15) is 4.79 Å². The van der Waals surface area contributed by atoms with Crippen LogP contribution in [0.1, 0.15) is 35.1 Å². The number of Topliss-reactive ketones (excluding diaryl/α,β-unsaturated/α-hetero) is 1. The van der Waals surface area contributed by atoms with Crippen LogP contribution in [0.5, 0.6) is 0 Å². The molecule has 2 N–H and O–H groups in total. The largest absolute Gasteiger partial charge is 0.349 e. The molecule has 0 radical (unpaired) electrons. The van der Waals surface area contributed by atoms with Crippen molar-refractivity contribution in [3.05, 3.63) is 23.0 Å². The van der Waals surface area contributed by atoms with Crippen molar-refractivity contribution in [2.24, 2.45) is 11.7 Å². The fourth-order valence-corrected chi connectivity index (χ4v) is 3.11. The van der Waals surface area contributed by atoms with E-state index in [0.717, 1.165) is 43.9 Å². The zero-order valence-electron chi connectivity index (χ0n) is 12.3. The lowest BCUT2D eigenvalue weighted by atomic mass is 10.1. The van der Waals surface area contributed by atoms with Gasteiger partial charge in [-0.15, -0.1) is 0 Å². The maximum atomic E-state index is 12.4. The number of carbonyl (C=O) groups is 1. The first-order chi connectivity index (χ1) is 9.06. The molecule has 0 amide bonds. The van der Waals surface area contributed by atoms with E-state index >= 15 is 0 Å². The van der Waals surface area contributed by atoms with Gasteiger partial charge in [-0.3, -0.25) is 9.69 Å². The highest BCUT2D eigenvalue weighted by Gasteiger charge is 2.24. The Kier molecular flexibility index (Phi) is 4.42. The number of aryl methyl sites for hydroxylation is 1. The van der Waals surface area contributed by atoms with Crippen molar-refractivity contribution in [1.29, 1.82) is 0 Å². The van der Waals surface area contributed by atoms with Crippen molar-refractivity contribution in [3.63, 3.8) is 0 Å². The molecule has 0 saturated carbocycles. The molecule has 0 aromatic carbocycles. The van der Waals surface area contributed by atoms with Crippen LogP contribution in [0.2, 0.25) is 0 Å². The molecule has 1 saturated heterocycles. The molecule has 4 heteroatoms. The maximum Gasteiger partial charge on any atom is 0.178 e. The van der Waals surface area contributed by atoms with E-state index in [4.69, 9.17) is 5.73 Å². The molecular weight excluding hydrogens is 238 g/mol. The summed E-state index contributed by atoms with van der Waals surface area (Å²) in [5.41, 5.74) is 8.84. The van der Waals surface area contributed by atoms with Gasteiger partial charge in [0.05, 0.1) is 6.54 Å². The second-order valence-electron chi connectivity index (χ2n) is 5.58. The summed E-state index contributed by atoms with van der Waals surface area (Å²) in [5, 5.41) is 0. The van der Waals surface area contributed by atoms with Crippen molar-refractivity contribution in [2.75, 3.05) is 26.2 Å². The number of ketones is 1. The highest BCUT2D eigenvalue weighted by Crippen LogP contribution is 2.19. The smallest absolute Gasteiger partial charge is 0.178 e.